The van der Waals surface area contributed by atoms with Gasteiger partial charge in [0, 0.05) is 50.0 Å². The fraction of sp³-hybridized carbons (Fsp3) is 0.381. The Morgan fingerprint density at radius 3 is 2.71 bits per heavy atom. The quantitative estimate of drug-likeness (QED) is 0.634. The van der Waals surface area contributed by atoms with E-state index in [9.17, 15) is 9.59 Å². The molecule has 0 saturated heterocycles. The number of carbonyl (C=O) groups excluding carboxylic acids is 1. The lowest BCUT2D eigenvalue weighted by atomic mass is 10.1. The molecule has 2 heterocycles. The van der Waals surface area contributed by atoms with E-state index >= 15 is 0 Å². The summed E-state index contributed by atoms with van der Waals surface area (Å²) in [6.45, 7) is 4.86. The minimum Gasteiger partial charge on any atom is -0.383 e. The summed E-state index contributed by atoms with van der Waals surface area (Å²) in [6, 6.07) is 9.89. The molecule has 1 amide bonds. The number of aromatic nitrogens is 3. The molecule has 0 fully saturated rings. The fourth-order valence-corrected chi connectivity index (χ4v) is 3.32. The van der Waals surface area contributed by atoms with Crippen LogP contribution in [0.5, 0.6) is 0 Å². The molecule has 1 N–H and O–H groups in total. The van der Waals surface area contributed by atoms with Crippen LogP contribution in [-0.2, 0) is 23.0 Å². The Labute approximate surface area is 163 Å². The fourth-order valence-electron chi connectivity index (χ4n) is 3.32. The van der Waals surface area contributed by atoms with E-state index in [2.05, 4.69) is 10.4 Å². The van der Waals surface area contributed by atoms with E-state index in [0.717, 1.165) is 28.2 Å². The van der Waals surface area contributed by atoms with E-state index in [1.54, 1.807) is 7.11 Å². The molecule has 0 atom stereocenters. The predicted octanol–water partition coefficient (Wildman–Crippen LogP) is 2.01. The maximum absolute atomic E-state index is 13.0. The van der Waals surface area contributed by atoms with Gasteiger partial charge in [-0.3, -0.25) is 9.59 Å². The van der Waals surface area contributed by atoms with E-state index in [-0.39, 0.29) is 17.9 Å². The van der Waals surface area contributed by atoms with Crippen molar-refractivity contribution in [1.82, 2.24) is 19.5 Å². The van der Waals surface area contributed by atoms with Crippen LogP contribution >= 0.6 is 0 Å². The molecular weight excluding hydrogens is 356 g/mol. The molecule has 0 aliphatic carbocycles. The first-order valence-electron chi connectivity index (χ1n) is 9.34. The largest absolute Gasteiger partial charge is 0.383 e. The average molecular weight is 382 g/mol. The van der Waals surface area contributed by atoms with Crippen LogP contribution in [0.15, 0.2) is 35.1 Å². The third-order valence-corrected chi connectivity index (χ3v) is 5.08. The molecule has 7 nitrogen and oxygen atoms in total. The molecule has 0 aliphatic rings. The second kappa shape index (κ2) is 8.39. The summed E-state index contributed by atoms with van der Waals surface area (Å²) >= 11 is 0. The molecular formula is C21H26N4O3. The first-order chi connectivity index (χ1) is 13.4. The third-order valence-electron chi connectivity index (χ3n) is 5.08. The van der Waals surface area contributed by atoms with Crippen LogP contribution in [0.2, 0.25) is 0 Å². The number of amides is 1. The Hall–Kier alpha value is -2.93. The Morgan fingerprint density at radius 1 is 1.25 bits per heavy atom. The standard InChI is InChI=1S/C21H26N4O3/c1-14-7-5-6-8-16(14)18-13-20-24(3)15(2)17(21(27)25(20)23-18)9-10-19(26)22-11-12-28-4/h5-8,13H,9-12H2,1-4H3,(H,22,26). The number of nitrogens with zero attached hydrogens (tertiary/aromatic N) is 3. The molecule has 0 spiro atoms. The summed E-state index contributed by atoms with van der Waals surface area (Å²) in [5.41, 5.74) is 4.88. The van der Waals surface area contributed by atoms with Crippen LogP contribution in [0.1, 0.15) is 23.2 Å². The first kappa shape index (κ1) is 19.8. The zero-order valence-electron chi connectivity index (χ0n) is 16.8. The summed E-state index contributed by atoms with van der Waals surface area (Å²) in [4.78, 5) is 25.0. The molecule has 0 radical (unpaired) electrons. The molecule has 0 aliphatic heterocycles. The van der Waals surface area contributed by atoms with Gasteiger partial charge in [-0.15, -0.1) is 0 Å². The van der Waals surface area contributed by atoms with Crippen molar-refractivity contribution in [3.63, 3.8) is 0 Å². The highest BCUT2D eigenvalue weighted by Crippen LogP contribution is 2.23. The number of hydrogen-bond donors (Lipinski definition) is 1. The minimum atomic E-state index is -0.171. The smallest absolute Gasteiger partial charge is 0.277 e. The SMILES string of the molecule is COCCNC(=O)CCc1c(C)n(C)c2cc(-c3ccccc3C)nn2c1=O. The van der Waals surface area contributed by atoms with Crippen molar-refractivity contribution in [3.05, 3.63) is 57.5 Å². The van der Waals surface area contributed by atoms with Crippen molar-refractivity contribution in [3.8, 4) is 11.3 Å². The number of hydrogen-bond acceptors (Lipinski definition) is 4. The molecule has 0 saturated carbocycles. The van der Waals surface area contributed by atoms with E-state index in [0.29, 0.717) is 25.1 Å². The molecule has 2 aromatic heterocycles. The van der Waals surface area contributed by atoms with Gasteiger partial charge < -0.3 is 14.6 Å². The minimum absolute atomic E-state index is 0.0975. The van der Waals surface area contributed by atoms with Crippen molar-refractivity contribution >= 4 is 11.6 Å². The summed E-state index contributed by atoms with van der Waals surface area (Å²) in [6.07, 6.45) is 0.615. The lowest BCUT2D eigenvalue weighted by molar-refractivity contribution is -0.121. The van der Waals surface area contributed by atoms with E-state index in [4.69, 9.17) is 4.74 Å². The zero-order chi connectivity index (χ0) is 20.3. The highest BCUT2D eigenvalue weighted by atomic mass is 16.5. The molecule has 0 bridgehead atoms. The van der Waals surface area contributed by atoms with E-state index < -0.39 is 0 Å². The number of aryl methyl sites for hydroxylation is 2. The number of rotatable bonds is 7. The average Bonchev–Trinajstić information content (AvgIpc) is 3.12. The predicted molar refractivity (Wildman–Crippen MR) is 109 cm³/mol. The molecule has 1 aromatic carbocycles. The van der Waals surface area contributed by atoms with Crippen LogP contribution in [0, 0.1) is 13.8 Å². The number of carbonyl (C=O) groups is 1. The Morgan fingerprint density at radius 2 is 2.00 bits per heavy atom. The van der Waals surface area contributed by atoms with Crippen molar-refractivity contribution in [1.29, 1.82) is 0 Å². The second-order valence-corrected chi connectivity index (χ2v) is 6.89. The van der Waals surface area contributed by atoms with Gasteiger partial charge >= 0.3 is 0 Å². The number of methoxy groups -OCH3 is 1. The van der Waals surface area contributed by atoms with Crippen LogP contribution in [0.25, 0.3) is 16.9 Å². The normalized spacial score (nSPS) is 11.1. The number of ether oxygens (including phenoxy) is 1. The summed E-state index contributed by atoms with van der Waals surface area (Å²) < 4.78 is 8.31. The Bertz CT molecular complexity index is 1070. The van der Waals surface area contributed by atoms with Crippen LogP contribution in [0.4, 0.5) is 0 Å². The maximum atomic E-state index is 13.0. The second-order valence-electron chi connectivity index (χ2n) is 6.89. The molecule has 28 heavy (non-hydrogen) atoms. The third kappa shape index (κ3) is 3.84. The molecule has 148 valence electrons. The lowest BCUT2D eigenvalue weighted by Crippen LogP contribution is -2.29. The van der Waals surface area contributed by atoms with Crippen molar-refractivity contribution < 1.29 is 9.53 Å². The molecule has 7 heteroatoms. The summed E-state index contributed by atoms with van der Waals surface area (Å²) in [7, 11) is 3.50. The summed E-state index contributed by atoms with van der Waals surface area (Å²) in [5, 5.41) is 7.34. The van der Waals surface area contributed by atoms with Crippen molar-refractivity contribution in [2.45, 2.75) is 26.7 Å². The van der Waals surface area contributed by atoms with Gasteiger partial charge in [-0.1, -0.05) is 24.3 Å². The Kier molecular flexibility index (Phi) is 5.94. The van der Waals surface area contributed by atoms with Gasteiger partial charge in [0.2, 0.25) is 5.91 Å². The van der Waals surface area contributed by atoms with Crippen LogP contribution in [-0.4, -0.2) is 40.3 Å². The van der Waals surface area contributed by atoms with Crippen LogP contribution in [0.3, 0.4) is 0 Å². The molecule has 3 rings (SSSR count). The topological polar surface area (TPSA) is 77.6 Å². The zero-order valence-corrected chi connectivity index (χ0v) is 16.8. The van der Waals surface area contributed by atoms with E-state index in [1.807, 2.05) is 55.8 Å². The lowest BCUT2D eigenvalue weighted by Gasteiger charge is -2.12. The van der Waals surface area contributed by atoms with Gasteiger partial charge in [0.15, 0.2) is 0 Å². The van der Waals surface area contributed by atoms with Gasteiger partial charge in [-0.05, 0) is 25.8 Å². The van der Waals surface area contributed by atoms with Gasteiger partial charge in [0.1, 0.15) is 5.65 Å². The van der Waals surface area contributed by atoms with Gasteiger partial charge in [-0.25, -0.2) is 0 Å². The van der Waals surface area contributed by atoms with Gasteiger partial charge in [0.25, 0.3) is 5.56 Å². The Balaban J connectivity index is 1.94. The van der Waals surface area contributed by atoms with Gasteiger partial charge in [-0.2, -0.15) is 9.61 Å². The monoisotopic (exact) mass is 382 g/mol. The highest BCUT2D eigenvalue weighted by molar-refractivity contribution is 5.76. The molecule has 3 aromatic rings. The molecule has 0 unspecified atom stereocenters. The highest BCUT2D eigenvalue weighted by Gasteiger charge is 2.17. The number of nitrogens with one attached hydrogen (secondary N) is 1. The van der Waals surface area contributed by atoms with Crippen molar-refractivity contribution in [2.75, 3.05) is 20.3 Å². The summed E-state index contributed by atoms with van der Waals surface area (Å²) in [5.74, 6) is -0.0975. The van der Waals surface area contributed by atoms with Gasteiger partial charge in [0.05, 0.1) is 12.3 Å². The van der Waals surface area contributed by atoms with Crippen LogP contribution < -0.4 is 10.9 Å². The number of fused-ring (bicyclic) bond motifs is 1. The maximum Gasteiger partial charge on any atom is 0.277 e. The first-order valence-corrected chi connectivity index (χ1v) is 9.34. The number of benzene rings is 1. The van der Waals surface area contributed by atoms with Crippen molar-refractivity contribution in [2.24, 2.45) is 7.05 Å². The van der Waals surface area contributed by atoms with E-state index in [1.165, 1.54) is 4.52 Å².